The Kier molecular flexibility index (Phi) is 6.64. The summed E-state index contributed by atoms with van der Waals surface area (Å²) in [5, 5.41) is 5.03. The summed E-state index contributed by atoms with van der Waals surface area (Å²) < 4.78 is 7.86. The normalized spacial score (nSPS) is 18.6. The van der Waals surface area contributed by atoms with Gasteiger partial charge in [0.25, 0.3) is 5.56 Å². The molecule has 170 valence electrons. The topological polar surface area (TPSA) is 76.0 Å². The summed E-state index contributed by atoms with van der Waals surface area (Å²) >= 11 is 0. The van der Waals surface area contributed by atoms with Crippen molar-refractivity contribution in [1.82, 2.24) is 24.6 Å². The van der Waals surface area contributed by atoms with Crippen molar-refractivity contribution in [2.75, 3.05) is 19.7 Å². The van der Waals surface area contributed by atoms with Crippen molar-refractivity contribution >= 4 is 11.0 Å². The average Bonchev–Trinajstić information content (AvgIpc) is 3.49. The fourth-order valence-corrected chi connectivity index (χ4v) is 5.16. The minimum absolute atomic E-state index is 0.122. The molecule has 1 N–H and O–H groups in total. The number of aromatic amines is 1. The van der Waals surface area contributed by atoms with E-state index in [1.807, 2.05) is 4.68 Å². The molecule has 7 heteroatoms. The highest BCUT2D eigenvalue weighted by atomic mass is 16.5. The molecule has 2 fully saturated rings. The van der Waals surface area contributed by atoms with Gasteiger partial charge in [-0.15, -0.1) is 0 Å². The van der Waals surface area contributed by atoms with E-state index in [4.69, 9.17) is 4.74 Å². The number of H-pyrrole nitrogens is 1. The van der Waals surface area contributed by atoms with E-state index in [9.17, 15) is 4.79 Å². The van der Waals surface area contributed by atoms with Crippen molar-refractivity contribution in [2.24, 2.45) is 5.92 Å². The summed E-state index contributed by atoms with van der Waals surface area (Å²) in [7, 11) is 0. The zero-order valence-corrected chi connectivity index (χ0v) is 18.7. The molecule has 1 aliphatic carbocycles. The summed E-state index contributed by atoms with van der Waals surface area (Å²) in [6.45, 7) is 4.39. The van der Waals surface area contributed by atoms with E-state index in [2.05, 4.69) is 50.3 Å². The zero-order valence-electron chi connectivity index (χ0n) is 18.7. The molecule has 1 aromatic carbocycles. The third-order valence-corrected chi connectivity index (χ3v) is 7.05. The lowest BCUT2D eigenvalue weighted by Crippen LogP contribution is -2.33. The van der Waals surface area contributed by atoms with Gasteiger partial charge < -0.3 is 9.72 Å². The predicted octanol–water partition coefficient (Wildman–Crippen LogP) is 4.05. The maximum absolute atomic E-state index is 12.5. The SMILES string of the molecule is O=c1[nH]c(COCCC2CCN(Cc3ccccc3)CC2)nc2c1cnn2C1CCCC1. The van der Waals surface area contributed by atoms with Crippen LogP contribution in [0.2, 0.25) is 0 Å². The molecule has 2 aromatic heterocycles. The molecule has 3 heterocycles. The highest BCUT2D eigenvalue weighted by Gasteiger charge is 2.22. The lowest BCUT2D eigenvalue weighted by atomic mass is 9.93. The van der Waals surface area contributed by atoms with Gasteiger partial charge in [0.2, 0.25) is 0 Å². The third kappa shape index (κ3) is 4.94. The van der Waals surface area contributed by atoms with Crippen LogP contribution < -0.4 is 5.56 Å². The Balaban J connectivity index is 1.09. The molecule has 0 amide bonds. The smallest absolute Gasteiger partial charge is 0.262 e. The minimum Gasteiger partial charge on any atom is -0.374 e. The van der Waals surface area contributed by atoms with Crippen molar-refractivity contribution in [1.29, 1.82) is 0 Å². The van der Waals surface area contributed by atoms with Crippen LogP contribution in [0.15, 0.2) is 41.3 Å². The van der Waals surface area contributed by atoms with Gasteiger partial charge >= 0.3 is 0 Å². The van der Waals surface area contributed by atoms with E-state index in [0.717, 1.165) is 38.9 Å². The number of rotatable bonds is 8. The van der Waals surface area contributed by atoms with Gasteiger partial charge in [0, 0.05) is 13.2 Å². The first-order valence-electron chi connectivity index (χ1n) is 12.1. The fraction of sp³-hybridized carbons (Fsp3) is 0.560. The van der Waals surface area contributed by atoms with E-state index in [1.54, 1.807) is 6.20 Å². The van der Waals surface area contributed by atoms with E-state index >= 15 is 0 Å². The maximum atomic E-state index is 12.5. The Morgan fingerprint density at radius 2 is 1.84 bits per heavy atom. The van der Waals surface area contributed by atoms with Crippen LogP contribution in [0.4, 0.5) is 0 Å². The summed E-state index contributed by atoms with van der Waals surface area (Å²) in [5.74, 6) is 1.31. The molecule has 1 saturated heterocycles. The number of nitrogens with zero attached hydrogens (tertiary/aromatic N) is 4. The first kappa shape index (κ1) is 21.3. The van der Waals surface area contributed by atoms with Crippen molar-refractivity contribution in [3.63, 3.8) is 0 Å². The van der Waals surface area contributed by atoms with Crippen LogP contribution in [0, 0.1) is 5.92 Å². The molecule has 0 spiro atoms. The van der Waals surface area contributed by atoms with Gasteiger partial charge in [0.05, 0.1) is 12.2 Å². The summed E-state index contributed by atoms with van der Waals surface area (Å²) in [5.41, 5.74) is 1.97. The van der Waals surface area contributed by atoms with Gasteiger partial charge in [-0.05, 0) is 56.7 Å². The summed E-state index contributed by atoms with van der Waals surface area (Å²) in [6.07, 6.45) is 9.81. The second kappa shape index (κ2) is 9.96. The number of aromatic nitrogens is 4. The first-order valence-corrected chi connectivity index (χ1v) is 12.1. The quantitative estimate of drug-likeness (QED) is 0.540. The van der Waals surface area contributed by atoms with E-state index < -0.39 is 0 Å². The number of likely N-dealkylation sites (tertiary alicyclic amines) is 1. The maximum Gasteiger partial charge on any atom is 0.262 e. The van der Waals surface area contributed by atoms with Gasteiger partial charge in [-0.3, -0.25) is 9.69 Å². The Labute approximate surface area is 188 Å². The minimum atomic E-state index is -0.122. The lowest BCUT2D eigenvalue weighted by molar-refractivity contribution is 0.0865. The Bertz CT molecular complexity index is 1060. The van der Waals surface area contributed by atoms with E-state index in [0.29, 0.717) is 42.0 Å². The van der Waals surface area contributed by atoms with Crippen molar-refractivity contribution in [2.45, 2.75) is 64.1 Å². The Morgan fingerprint density at radius 1 is 1.06 bits per heavy atom. The zero-order chi connectivity index (χ0) is 21.8. The molecule has 5 rings (SSSR count). The number of hydrogen-bond donors (Lipinski definition) is 1. The van der Waals surface area contributed by atoms with Crippen LogP contribution in [0.1, 0.15) is 62.4 Å². The number of hydrogen-bond acceptors (Lipinski definition) is 5. The van der Waals surface area contributed by atoms with Gasteiger partial charge in [0.15, 0.2) is 5.65 Å². The van der Waals surface area contributed by atoms with Gasteiger partial charge in [-0.2, -0.15) is 5.10 Å². The summed E-state index contributed by atoms with van der Waals surface area (Å²) in [6, 6.07) is 11.1. The van der Waals surface area contributed by atoms with Crippen LogP contribution in [-0.4, -0.2) is 44.3 Å². The van der Waals surface area contributed by atoms with E-state index in [1.165, 1.54) is 31.2 Å². The Hall–Kier alpha value is -2.51. The van der Waals surface area contributed by atoms with Crippen LogP contribution in [0.3, 0.4) is 0 Å². The molecule has 2 aliphatic rings. The van der Waals surface area contributed by atoms with Gasteiger partial charge in [-0.1, -0.05) is 43.2 Å². The Morgan fingerprint density at radius 3 is 2.62 bits per heavy atom. The van der Waals surface area contributed by atoms with Crippen molar-refractivity contribution in [3.05, 3.63) is 58.3 Å². The second-order valence-corrected chi connectivity index (χ2v) is 9.32. The predicted molar refractivity (Wildman–Crippen MR) is 124 cm³/mol. The molecule has 3 aromatic rings. The summed E-state index contributed by atoms with van der Waals surface area (Å²) in [4.78, 5) is 22.6. The molecule has 0 unspecified atom stereocenters. The molecule has 0 bridgehead atoms. The van der Waals surface area contributed by atoms with E-state index in [-0.39, 0.29) is 5.56 Å². The second-order valence-electron chi connectivity index (χ2n) is 9.32. The number of nitrogens with one attached hydrogen (secondary N) is 1. The molecule has 0 atom stereocenters. The molecular weight excluding hydrogens is 402 g/mol. The van der Waals surface area contributed by atoms with Crippen LogP contribution >= 0.6 is 0 Å². The van der Waals surface area contributed by atoms with Crippen LogP contribution in [0.5, 0.6) is 0 Å². The highest BCUT2D eigenvalue weighted by Crippen LogP contribution is 2.30. The van der Waals surface area contributed by atoms with Crippen molar-refractivity contribution in [3.8, 4) is 0 Å². The van der Waals surface area contributed by atoms with Gasteiger partial charge in [0.1, 0.15) is 17.8 Å². The third-order valence-electron chi connectivity index (χ3n) is 7.05. The van der Waals surface area contributed by atoms with Crippen molar-refractivity contribution < 1.29 is 4.74 Å². The largest absolute Gasteiger partial charge is 0.374 e. The lowest BCUT2D eigenvalue weighted by Gasteiger charge is -2.32. The standard InChI is InChI=1S/C25H33N5O2/c31-25-22-16-26-30(21-8-4-5-9-21)24(22)27-23(28-25)18-32-15-12-19-10-13-29(14-11-19)17-20-6-2-1-3-7-20/h1-3,6-7,16,19,21H,4-5,8-15,17-18H2,(H,27,28,31). The number of fused-ring (bicyclic) bond motifs is 1. The van der Waals surface area contributed by atoms with Gasteiger partial charge in [-0.25, -0.2) is 9.67 Å². The number of ether oxygens (including phenoxy) is 1. The fourth-order valence-electron chi connectivity index (χ4n) is 5.16. The van der Waals surface area contributed by atoms with Crippen LogP contribution in [-0.2, 0) is 17.9 Å². The highest BCUT2D eigenvalue weighted by molar-refractivity contribution is 5.73. The molecule has 1 aliphatic heterocycles. The molecule has 32 heavy (non-hydrogen) atoms. The number of benzene rings is 1. The average molecular weight is 436 g/mol. The first-order chi connectivity index (χ1) is 15.8. The van der Waals surface area contributed by atoms with Crippen LogP contribution in [0.25, 0.3) is 11.0 Å². The monoisotopic (exact) mass is 435 g/mol. The number of piperidine rings is 1. The molecular formula is C25H33N5O2. The molecule has 0 radical (unpaired) electrons. The molecule has 7 nitrogen and oxygen atoms in total. The molecule has 1 saturated carbocycles.